The third-order valence-corrected chi connectivity index (χ3v) is 5.92. The summed E-state index contributed by atoms with van der Waals surface area (Å²) in [6, 6.07) is 20.9. The second-order valence-corrected chi connectivity index (χ2v) is 8.20. The van der Waals surface area contributed by atoms with E-state index in [2.05, 4.69) is 9.88 Å². The van der Waals surface area contributed by atoms with E-state index in [0.717, 1.165) is 28.0 Å². The number of benzene rings is 3. The molecule has 0 fully saturated rings. The van der Waals surface area contributed by atoms with E-state index in [1.807, 2.05) is 67.6 Å². The van der Waals surface area contributed by atoms with Crippen molar-refractivity contribution in [2.75, 3.05) is 14.2 Å². The van der Waals surface area contributed by atoms with Crippen molar-refractivity contribution in [3.8, 4) is 11.5 Å². The first kappa shape index (κ1) is 22.7. The number of ether oxygens (including phenoxy) is 2. The van der Waals surface area contributed by atoms with Crippen LogP contribution in [0.1, 0.15) is 29.9 Å². The summed E-state index contributed by atoms with van der Waals surface area (Å²) >= 11 is 6.42. The lowest BCUT2D eigenvalue weighted by Gasteiger charge is -2.17. The van der Waals surface area contributed by atoms with Crippen molar-refractivity contribution in [3.05, 3.63) is 88.7 Å². The molecule has 1 unspecified atom stereocenters. The fraction of sp³-hybridized carbons (Fsp3) is 0.231. The number of carbonyl (C=O) groups excluding carboxylic acids is 1. The normalized spacial score (nSPS) is 11.9. The van der Waals surface area contributed by atoms with Gasteiger partial charge in [-0.15, -0.1) is 0 Å². The van der Waals surface area contributed by atoms with Crippen LogP contribution in [0.25, 0.3) is 11.0 Å². The van der Waals surface area contributed by atoms with Crippen molar-refractivity contribution in [3.63, 3.8) is 0 Å². The number of hydrogen-bond donors (Lipinski definition) is 1. The highest BCUT2D eigenvalue weighted by atomic mass is 35.5. The van der Waals surface area contributed by atoms with Gasteiger partial charge in [0.05, 0.1) is 44.3 Å². The average Bonchev–Trinajstić information content (AvgIpc) is 3.19. The Hall–Kier alpha value is -3.51. The molecule has 0 saturated carbocycles. The zero-order valence-electron chi connectivity index (χ0n) is 18.8. The number of para-hydroxylation sites is 2. The largest absolute Gasteiger partial charge is 0.493 e. The van der Waals surface area contributed by atoms with Gasteiger partial charge >= 0.3 is 0 Å². The van der Waals surface area contributed by atoms with E-state index >= 15 is 0 Å². The molecular formula is C26H26ClN3O3. The molecule has 1 N–H and O–H groups in total. The van der Waals surface area contributed by atoms with E-state index in [1.165, 1.54) is 0 Å². The predicted octanol–water partition coefficient (Wildman–Crippen LogP) is 5.18. The summed E-state index contributed by atoms with van der Waals surface area (Å²) in [5.41, 5.74) is 3.70. The first-order valence-electron chi connectivity index (χ1n) is 10.7. The summed E-state index contributed by atoms with van der Waals surface area (Å²) in [5, 5.41) is 3.79. The van der Waals surface area contributed by atoms with E-state index in [9.17, 15) is 4.79 Å². The maximum absolute atomic E-state index is 12.8. The number of aromatic nitrogens is 2. The van der Waals surface area contributed by atoms with E-state index < -0.39 is 0 Å². The first-order valence-corrected chi connectivity index (χ1v) is 11.1. The van der Waals surface area contributed by atoms with Crippen LogP contribution in [0.15, 0.2) is 66.7 Å². The standard InChI is InChI=1S/C26H26ClN3O3/c1-17(28-25(31)15-18-12-13-23(32-2)24(14-18)33-3)26-29-21-10-6-7-11-22(21)30(26)16-19-8-4-5-9-20(19)27/h4-14,17H,15-16H2,1-3H3,(H,28,31). The van der Waals surface area contributed by atoms with E-state index in [4.69, 9.17) is 26.1 Å². The van der Waals surface area contributed by atoms with Crippen molar-refractivity contribution < 1.29 is 14.3 Å². The number of fused-ring (bicyclic) bond motifs is 1. The summed E-state index contributed by atoms with van der Waals surface area (Å²) in [7, 11) is 3.16. The summed E-state index contributed by atoms with van der Waals surface area (Å²) in [6.07, 6.45) is 0.218. The van der Waals surface area contributed by atoms with Crippen molar-refractivity contribution in [1.29, 1.82) is 0 Å². The van der Waals surface area contributed by atoms with Crippen LogP contribution in [0.4, 0.5) is 0 Å². The molecule has 0 spiro atoms. The number of amides is 1. The van der Waals surface area contributed by atoms with E-state index in [0.29, 0.717) is 23.1 Å². The fourth-order valence-corrected chi connectivity index (χ4v) is 4.12. The molecule has 0 radical (unpaired) electrons. The number of halogens is 1. The molecule has 170 valence electrons. The smallest absolute Gasteiger partial charge is 0.224 e. The quantitative estimate of drug-likeness (QED) is 0.391. The Morgan fingerprint density at radius 1 is 1.03 bits per heavy atom. The third-order valence-electron chi connectivity index (χ3n) is 5.55. The van der Waals surface area contributed by atoms with Gasteiger partial charge in [0.2, 0.25) is 5.91 Å². The van der Waals surface area contributed by atoms with Crippen LogP contribution in [0.5, 0.6) is 11.5 Å². The predicted molar refractivity (Wildman–Crippen MR) is 130 cm³/mol. The highest BCUT2D eigenvalue weighted by Gasteiger charge is 2.19. The SMILES string of the molecule is COc1ccc(CC(=O)NC(C)c2nc3ccccc3n2Cc2ccccc2Cl)cc1OC. The van der Waals surface area contributed by atoms with Crippen molar-refractivity contribution in [1.82, 2.24) is 14.9 Å². The lowest BCUT2D eigenvalue weighted by molar-refractivity contribution is -0.121. The minimum absolute atomic E-state index is 0.105. The molecule has 1 aromatic heterocycles. The van der Waals surface area contributed by atoms with Crippen LogP contribution in [0.2, 0.25) is 5.02 Å². The van der Waals surface area contributed by atoms with Crippen molar-refractivity contribution in [2.24, 2.45) is 0 Å². The van der Waals surface area contributed by atoms with Gasteiger partial charge in [0.15, 0.2) is 11.5 Å². The Morgan fingerprint density at radius 2 is 1.76 bits per heavy atom. The molecule has 0 bridgehead atoms. The van der Waals surface area contributed by atoms with E-state index in [1.54, 1.807) is 20.3 Å². The van der Waals surface area contributed by atoms with Gasteiger partial charge < -0.3 is 19.4 Å². The van der Waals surface area contributed by atoms with E-state index in [-0.39, 0.29) is 18.4 Å². The average molecular weight is 464 g/mol. The van der Waals surface area contributed by atoms with Gasteiger partial charge in [-0.25, -0.2) is 4.98 Å². The number of carbonyl (C=O) groups is 1. The molecule has 0 aliphatic carbocycles. The number of nitrogens with one attached hydrogen (secondary N) is 1. The van der Waals surface area contributed by atoms with Gasteiger partial charge in [-0.05, 0) is 48.4 Å². The molecule has 0 aliphatic heterocycles. The van der Waals surface area contributed by atoms with Crippen LogP contribution >= 0.6 is 11.6 Å². The maximum Gasteiger partial charge on any atom is 0.224 e. The molecule has 3 aromatic carbocycles. The van der Waals surface area contributed by atoms with Crippen molar-refractivity contribution in [2.45, 2.75) is 25.9 Å². The molecule has 7 heteroatoms. The lowest BCUT2D eigenvalue weighted by Crippen LogP contribution is -2.30. The van der Waals surface area contributed by atoms with Crippen LogP contribution < -0.4 is 14.8 Å². The molecule has 1 atom stereocenters. The van der Waals surface area contributed by atoms with Crippen LogP contribution in [-0.4, -0.2) is 29.7 Å². The third kappa shape index (κ3) is 4.96. The zero-order chi connectivity index (χ0) is 23.4. The minimum atomic E-state index is -0.299. The Balaban J connectivity index is 1.57. The van der Waals surface area contributed by atoms with Crippen LogP contribution in [0.3, 0.4) is 0 Å². The number of hydrogen-bond acceptors (Lipinski definition) is 4. The molecule has 33 heavy (non-hydrogen) atoms. The number of rotatable bonds is 8. The number of methoxy groups -OCH3 is 2. The molecule has 1 amide bonds. The molecule has 0 saturated heterocycles. The first-order chi connectivity index (χ1) is 16.0. The Kier molecular flexibility index (Phi) is 6.84. The van der Waals surface area contributed by atoms with Gasteiger partial charge in [0, 0.05) is 5.02 Å². The second kappa shape index (κ2) is 9.96. The number of imidazole rings is 1. The summed E-state index contributed by atoms with van der Waals surface area (Å²) in [6.45, 7) is 2.50. The monoisotopic (exact) mass is 463 g/mol. The summed E-state index contributed by atoms with van der Waals surface area (Å²) in [5.74, 6) is 1.89. The van der Waals surface area contributed by atoms with Gasteiger partial charge in [0.25, 0.3) is 0 Å². The van der Waals surface area contributed by atoms with Crippen LogP contribution in [0, 0.1) is 0 Å². The molecule has 6 nitrogen and oxygen atoms in total. The van der Waals surface area contributed by atoms with Gasteiger partial charge in [-0.1, -0.05) is 48.0 Å². The molecule has 4 rings (SSSR count). The topological polar surface area (TPSA) is 65.4 Å². The summed E-state index contributed by atoms with van der Waals surface area (Å²) in [4.78, 5) is 17.7. The zero-order valence-corrected chi connectivity index (χ0v) is 19.6. The Bertz CT molecular complexity index is 1290. The molecule has 4 aromatic rings. The van der Waals surface area contributed by atoms with Crippen molar-refractivity contribution >= 4 is 28.5 Å². The lowest BCUT2D eigenvalue weighted by atomic mass is 10.1. The van der Waals surface area contributed by atoms with Gasteiger partial charge in [-0.3, -0.25) is 4.79 Å². The second-order valence-electron chi connectivity index (χ2n) is 7.79. The fourth-order valence-electron chi connectivity index (χ4n) is 3.92. The highest BCUT2D eigenvalue weighted by Crippen LogP contribution is 2.28. The molecule has 1 heterocycles. The number of nitrogens with zero attached hydrogens (tertiary/aromatic N) is 2. The Labute approximate surface area is 198 Å². The van der Waals surface area contributed by atoms with Gasteiger partial charge in [0.1, 0.15) is 5.82 Å². The minimum Gasteiger partial charge on any atom is -0.493 e. The molecule has 0 aliphatic rings. The highest BCUT2D eigenvalue weighted by molar-refractivity contribution is 6.31. The Morgan fingerprint density at radius 3 is 2.52 bits per heavy atom. The van der Waals surface area contributed by atoms with Gasteiger partial charge in [-0.2, -0.15) is 0 Å². The van der Waals surface area contributed by atoms with Crippen LogP contribution in [-0.2, 0) is 17.8 Å². The maximum atomic E-state index is 12.8. The summed E-state index contributed by atoms with van der Waals surface area (Å²) < 4.78 is 12.7. The molecular weight excluding hydrogens is 438 g/mol.